The molecular weight excluding hydrogens is 366 g/mol. The second kappa shape index (κ2) is 8.10. The largest absolute Gasteiger partial charge is 0.368 e. The van der Waals surface area contributed by atoms with E-state index < -0.39 is 10.0 Å². The number of hydrogen-bond donors (Lipinski definition) is 2. The highest BCUT2D eigenvalue weighted by Gasteiger charge is 2.28. The molecule has 1 aromatic heterocycles. The summed E-state index contributed by atoms with van der Waals surface area (Å²) in [5, 5.41) is 4.32. The molecule has 0 spiro atoms. The molecule has 1 aliphatic heterocycles. The first kappa shape index (κ1) is 19.4. The van der Waals surface area contributed by atoms with E-state index in [2.05, 4.69) is 9.82 Å². The first-order chi connectivity index (χ1) is 12.9. The molecule has 3 rings (SSSR count). The topological polar surface area (TPSA) is 110 Å². The number of primary amides is 1. The van der Waals surface area contributed by atoms with Crippen LogP contribution in [-0.2, 0) is 20.6 Å². The minimum absolute atomic E-state index is 0.0748. The van der Waals surface area contributed by atoms with Gasteiger partial charge in [-0.05, 0) is 25.3 Å². The third kappa shape index (κ3) is 4.86. The average molecular weight is 391 g/mol. The van der Waals surface area contributed by atoms with Crippen molar-refractivity contribution in [3.05, 3.63) is 48.2 Å². The molecule has 146 valence electrons. The fourth-order valence-corrected chi connectivity index (χ4v) is 4.56. The molecule has 0 radical (unpaired) electrons. The van der Waals surface area contributed by atoms with E-state index in [0.29, 0.717) is 18.9 Å². The Morgan fingerprint density at radius 2 is 1.93 bits per heavy atom. The first-order valence-corrected chi connectivity index (χ1v) is 10.6. The Morgan fingerprint density at radius 1 is 1.26 bits per heavy atom. The SMILES string of the molecule is C[C@@H](C(N)=O)N1CCC(n2nccc2NS(=O)(=O)Cc2ccccc2)CC1. The Hall–Kier alpha value is -2.39. The number of piperidine rings is 1. The smallest absolute Gasteiger partial charge is 0.238 e. The van der Waals surface area contributed by atoms with Crippen molar-refractivity contribution in [2.24, 2.45) is 5.73 Å². The van der Waals surface area contributed by atoms with Gasteiger partial charge < -0.3 is 5.73 Å². The number of nitrogens with two attached hydrogens (primary N) is 1. The second-order valence-electron chi connectivity index (χ2n) is 6.85. The Bertz CT molecular complexity index is 873. The van der Waals surface area contributed by atoms with Gasteiger partial charge in [0.05, 0.1) is 24.0 Å². The van der Waals surface area contributed by atoms with E-state index in [1.54, 1.807) is 36.0 Å². The Morgan fingerprint density at radius 3 is 2.56 bits per heavy atom. The monoisotopic (exact) mass is 391 g/mol. The molecule has 9 heteroatoms. The Balaban J connectivity index is 1.65. The second-order valence-corrected chi connectivity index (χ2v) is 8.58. The number of carbonyl (C=O) groups excluding carboxylic acids is 1. The molecule has 0 bridgehead atoms. The summed E-state index contributed by atoms with van der Waals surface area (Å²) in [4.78, 5) is 13.4. The van der Waals surface area contributed by atoms with Gasteiger partial charge in [-0.3, -0.25) is 14.4 Å². The van der Waals surface area contributed by atoms with Crippen LogP contribution in [-0.4, -0.2) is 48.1 Å². The molecule has 1 amide bonds. The van der Waals surface area contributed by atoms with E-state index in [9.17, 15) is 13.2 Å². The van der Waals surface area contributed by atoms with Crippen molar-refractivity contribution < 1.29 is 13.2 Å². The lowest BCUT2D eigenvalue weighted by atomic mass is 10.0. The van der Waals surface area contributed by atoms with Crippen LogP contribution in [0.1, 0.15) is 31.4 Å². The molecule has 2 aromatic rings. The average Bonchev–Trinajstić information content (AvgIpc) is 3.08. The van der Waals surface area contributed by atoms with Crippen molar-refractivity contribution in [1.29, 1.82) is 0 Å². The third-order valence-corrected chi connectivity index (χ3v) is 6.17. The van der Waals surface area contributed by atoms with Crippen LogP contribution >= 0.6 is 0 Å². The molecule has 1 atom stereocenters. The van der Waals surface area contributed by atoms with E-state index in [4.69, 9.17) is 5.73 Å². The van der Waals surface area contributed by atoms with Gasteiger partial charge in [0.2, 0.25) is 15.9 Å². The van der Waals surface area contributed by atoms with Crippen LogP contribution in [0.15, 0.2) is 42.6 Å². The number of benzene rings is 1. The molecule has 0 saturated carbocycles. The molecule has 3 N–H and O–H groups in total. The Kier molecular flexibility index (Phi) is 5.81. The van der Waals surface area contributed by atoms with Gasteiger partial charge in [-0.2, -0.15) is 5.10 Å². The minimum Gasteiger partial charge on any atom is -0.368 e. The van der Waals surface area contributed by atoms with Gasteiger partial charge in [0.25, 0.3) is 0 Å². The molecule has 27 heavy (non-hydrogen) atoms. The fourth-order valence-electron chi connectivity index (χ4n) is 3.37. The standard InChI is InChI=1S/C18H25N5O3S/c1-14(18(19)24)22-11-8-16(9-12-22)23-17(7-10-20-23)21-27(25,26)13-15-5-3-2-4-6-15/h2-7,10,14,16,21H,8-9,11-13H2,1H3,(H2,19,24)/t14-/m0/s1. The lowest BCUT2D eigenvalue weighted by Crippen LogP contribution is -2.46. The molecule has 1 aromatic carbocycles. The van der Waals surface area contributed by atoms with Crippen LogP contribution < -0.4 is 10.5 Å². The van der Waals surface area contributed by atoms with Gasteiger partial charge in [0, 0.05) is 19.2 Å². The van der Waals surface area contributed by atoms with Crippen molar-refractivity contribution in [2.45, 2.75) is 37.6 Å². The van der Waals surface area contributed by atoms with Gasteiger partial charge in [0.15, 0.2) is 0 Å². The predicted molar refractivity (Wildman–Crippen MR) is 103 cm³/mol. The summed E-state index contributed by atoms with van der Waals surface area (Å²) in [5.41, 5.74) is 6.10. The van der Waals surface area contributed by atoms with Crippen molar-refractivity contribution in [1.82, 2.24) is 14.7 Å². The van der Waals surface area contributed by atoms with Crippen molar-refractivity contribution >= 4 is 21.7 Å². The van der Waals surface area contributed by atoms with E-state index in [0.717, 1.165) is 18.4 Å². The fraction of sp³-hybridized carbons (Fsp3) is 0.444. The first-order valence-electron chi connectivity index (χ1n) is 8.97. The maximum absolute atomic E-state index is 12.5. The molecule has 1 fully saturated rings. The van der Waals surface area contributed by atoms with E-state index in [-0.39, 0.29) is 23.7 Å². The summed E-state index contributed by atoms with van der Waals surface area (Å²) in [5.74, 6) is 0.0439. The molecule has 0 aliphatic carbocycles. The zero-order chi connectivity index (χ0) is 19.4. The number of sulfonamides is 1. The predicted octanol–water partition coefficient (Wildman–Crippen LogP) is 1.34. The maximum Gasteiger partial charge on any atom is 0.238 e. The number of aromatic nitrogens is 2. The zero-order valence-corrected chi connectivity index (χ0v) is 16.1. The molecule has 2 heterocycles. The van der Waals surface area contributed by atoms with Gasteiger partial charge in [-0.25, -0.2) is 13.1 Å². The summed E-state index contributed by atoms with van der Waals surface area (Å²) in [7, 11) is -3.54. The third-order valence-electron chi connectivity index (χ3n) is 4.93. The number of likely N-dealkylation sites (tertiary alicyclic amines) is 1. The minimum atomic E-state index is -3.54. The quantitative estimate of drug-likeness (QED) is 0.740. The Labute approximate surface area is 159 Å². The maximum atomic E-state index is 12.5. The molecule has 1 saturated heterocycles. The van der Waals surface area contributed by atoms with Gasteiger partial charge in [-0.1, -0.05) is 30.3 Å². The van der Waals surface area contributed by atoms with Crippen LogP contribution in [0.3, 0.4) is 0 Å². The van der Waals surface area contributed by atoms with Crippen molar-refractivity contribution in [3.8, 4) is 0 Å². The van der Waals surface area contributed by atoms with Crippen LogP contribution in [0, 0.1) is 0 Å². The number of nitrogens with zero attached hydrogens (tertiary/aromatic N) is 3. The number of hydrogen-bond acceptors (Lipinski definition) is 5. The summed E-state index contributed by atoms with van der Waals surface area (Å²) >= 11 is 0. The summed E-state index contributed by atoms with van der Waals surface area (Å²) < 4.78 is 29.4. The molecule has 1 aliphatic rings. The van der Waals surface area contributed by atoms with Gasteiger partial charge in [0.1, 0.15) is 5.82 Å². The van der Waals surface area contributed by atoms with E-state index in [1.807, 2.05) is 23.1 Å². The molecule has 0 unspecified atom stereocenters. The van der Waals surface area contributed by atoms with E-state index >= 15 is 0 Å². The van der Waals surface area contributed by atoms with Crippen LogP contribution in [0.5, 0.6) is 0 Å². The van der Waals surface area contributed by atoms with Crippen LogP contribution in [0.25, 0.3) is 0 Å². The van der Waals surface area contributed by atoms with Gasteiger partial charge in [-0.15, -0.1) is 0 Å². The highest BCUT2D eigenvalue weighted by Crippen LogP contribution is 2.27. The summed E-state index contributed by atoms with van der Waals surface area (Å²) in [6.07, 6.45) is 3.14. The van der Waals surface area contributed by atoms with Crippen LogP contribution in [0.4, 0.5) is 5.82 Å². The number of nitrogens with one attached hydrogen (secondary N) is 1. The van der Waals surface area contributed by atoms with Gasteiger partial charge >= 0.3 is 0 Å². The lowest BCUT2D eigenvalue weighted by Gasteiger charge is -2.35. The summed E-state index contributed by atoms with van der Waals surface area (Å²) in [6, 6.07) is 10.5. The number of rotatable bonds is 7. The van der Waals surface area contributed by atoms with E-state index in [1.165, 1.54) is 0 Å². The normalized spacial score (nSPS) is 17.5. The van der Waals surface area contributed by atoms with Crippen LogP contribution in [0.2, 0.25) is 0 Å². The number of carbonyl (C=O) groups is 1. The summed E-state index contributed by atoms with van der Waals surface area (Å²) in [6.45, 7) is 3.23. The molecule has 8 nitrogen and oxygen atoms in total. The zero-order valence-electron chi connectivity index (χ0n) is 15.3. The number of anilines is 1. The lowest BCUT2D eigenvalue weighted by molar-refractivity contribution is -0.123. The van der Waals surface area contributed by atoms with Crippen molar-refractivity contribution in [2.75, 3.05) is 17.8 Å². The highest BCUT2D eigenvalue weighted by atomic mass is 32.2. The number of amides is 1. The van der Waals surface area contributed by atoms with Crippen molar-refractivity contribution in [3.63, 3.8) is 0 Å². The molecular formula is C18H25N5O3S. The highest BCUT2D eigenvalue weighted by molar-refractivity contribution is 7.91.